The van der Waals surface area contributed by atoms with Crippen LogP contribution in [0.25, 0.3) is 0 Å². The van der Waals surface area contributed by atoms with E-state index in [2.05, 4.69) is 39.9 Å². The van der Waals surface area contributed by atoms with Crippen LogP contribution in [0.5, 0.6) is 0 Å². The fourth-order valence-electron chi connectivity index (χ4n) is 4.90. The van der Waals surface area contributed by atoms with E-state index < -0.39 is 17.2 Å². The molecule has 0 aliphatic heterocycles. The van der Waals surface area contributed by atoms with Gasteiger partial charge in [0.1, 0.15) is 11.4 Å². The van der Waals surface area contributed by atoms with E-state index in [9.17, 15) is 19.2 Å². The number of hydrogen-bond acceptors (Lipinski definition) is 5. The maximum absolute atomic E-state index is 12.8. The van der Waals surface area contributed by atoms with Crippen molar-refractivity contribution in [3.8, 4) is 0 Å². The van der Waals surface area contributed by atoms with Crippen LogP contribution in [0.3, 0.4) is 0 Å². The Labute approximate surface area is 185 Å². The largest absolute Gasteiger partial charge is 0.392 e. The van der Waals surface area contributed by atoms with Crippen molar-refractivity contribution in [1.82, 2.24) is 20.6 Å². The van der Waals surface area contributed by atoms with Gasteiger partial charge in [-0.15, -0.1) is 0 Å². The van der Waals surface area contributed by atoms with Crippen LogP contribution in [-0.2, 0) is 4.79 Å². The molecule has 1 aromatic carbocycles. The number of carbonyl (C=O) groups excluding carboxylic acids is 2. The van der Waals surface area contributed by atoms with E-state index in [4.69, 9.17) is 5.73 Å². The van der Waals surface area contributed by atoms with Crippen molar-refractivity contribution in [3.05, 3.63) is 62.4 Å². The highest BCUT2D eigenvalue weighted by molar-refractivity contribution is 5.97. The van der Waals surface area contributed by atoms with Crippen LogP contribution in [0.1, 0.15) is 66.9 Å². The number of nitrogen functional groups attached to an aromatic ring is 1. The topological polar surface area (TPSA) is 150 Å². The summed E-state index contributed by atoms with van der Waals surface area (Å²) >= 11 is 0. The molecular formula is C23H29N5O4. The molecular weight excluding hydrogens is 410 g/mol. The van der Waals surface area contributed by atoms with E-state index in [0.717, 1.165) is 25.7 Å². The second-order valence-corrected chi connectivity index (χ2v) is 8.85. The fraction of sp³-hybridized carbons (Fsp3) is 0.478. The number of hydrogen-bond donors (Lipinski definition) is 5. The average molecular weight is 440 g/mol. The summed E-state index contributed by atoms with van der Waals surface area (Å²) in [5.41, 5.74) is 4.81. The number of anilines is 1. The predicted molar refractivity (Wildman–Crippen MR) is 120 cm³/mol. The fourth-order valence-corrected chi connectivity index (χ4v) is 4.90. The van der Waals surface area contributed by atoms with Gasteiger partial charge < -0.3 is 21.4 Å². The molecule has 0 radical (unpaired) electrons. The minimum atomic E-state index is -0.801. The highest BCUT2D eigenvalue weighted by Crippen LogP contribution is 2.33. The highest BCUT2D eigenvalue weighted by atomic mass is 16.2. The normalized spacial score (nSPS) is 25.2. The standard InChI is InChI=1S/C23H29N5O4/c24-18-19(27-23(32)28-21(18)30)22(31)26-17-11-8-15(12-17)20(29)25-16-9-6-14(7-10-16)13-4-2-1-3-5-13/h1-5,14-17H,6-12,24H2,(H,25,29)(H,26,31)(H2,27,28,30,32)/t14?,15-,16?,17-/m1/s1. The Kier molecular flexibility index (Phi) is 6.43. The Morgan fingerprint density at radius 2 is 1.56 bits per heavy atom. The number of H-pyrrole nitrogens is 2. The van der Waals surface area contributed by atoms with Crippen LogP contribution in [-0.4, -0.2) is 33.9 Å². The number of amides is 2. The molecule has 170 valence electrons. The van der Waals surface area contributed by atoms with Gasteiger partial charge in [0.25, 0.3) is 11.5 Å². The molecule has 1 aromatic heterocycles. The van der Waals surface area contributed by atoms with E-state index in [0.29, 0.717) is 25.2 Å². The molecule has 2 saturated carbocycles. The third kappa shape index (κ3) is 4.92. The Balaban J connectivity index is 1.26. The van der Waals surface area contributed by atoms with E-state index in [1.807, 2.05) is 11.1 Å². The van der Waals surface area contributed by atoms with Gasteiger partial charge in [-0.1, -0.05) is 30.3 Å². The van der Waals surface area contributed by atoms with Gasteiger partial charge in [-0.05, 0) is 56.4 Å². The quantitative estimate of drug-likeness (QED) is 0.477. The molecule has 0 saturated heterocycles. The third-order valence-electron chi connectivity index (χ3n) is 6.69. The summed E-state index contributed by atoms with van der Waals surface area (Å²) in [4.78, 5) is 52.5. The summed E-state index contributed by atoms with van der Waals surface area (Å²) in [6.07, 6.45) is 5.91. The molecule has 9 heteroatoms. The summed E-state index contributed by atoms with van der Waals surface area (Å²) in [6, 6.07) is 10.5. The van der Waals surface area contributed by atoms with E-state index >= 15 is 0 Å². The van der Waals surface area contributed by atoms with E-state index in [1.54, 1.807) is 0 Å². The summed E-state index contributed by atoms with van der Waals surface area (Å²) in [6.45, 7) is 0. The number of nitrogens with one attached hydrogen (secondary N) is 4. The van der Waals surface area contributed by atoms with Crippen molar-refractivity contribution >= 4 is 17.5 Å². The summed E-state index contributed by atoms with van der Waals surface area (Å²) in [7, 11) is 0. The molecule has 2 aliphatic carbocycles. The smallest absolute Gasteiger partial charge is 0.326 e. The lowest BCUT2D eigenvalue weighted by Gasteiger charge is -2.30. The first-order valence-electron chi connectivity index (χ1n) is 11.2. The molecule has 2 aromatic rings. The van der Waals surface area contributed by atoms with Gasteiger partial charge in [-0.25, -0.2) is 4.79 Å². The summed E-state index contributed by atoms with van der Waals surface area (Å²) in [5, 5.41) is 5.98. The minimum absolute atomic E-state index is 0.0361. The lowest BCUT2D eigenvalue weighted by atomic mass is 9.81. The average Bonchev–Trinajstić information content (AvgIpc) is 3.26. The molecule has 32 heavy (non-hydrogen) atoms. The van der Waals surface area contributed by atoms with Crippen molar-refractivity contribution in [2.75, 3.05) is 5.73 Å². The molecule has 0 spiro atoms. The van der Waals surface area contributed by atoms with Crippen molar-refractivity contribution in [2.45, 2.75) is 62.9 Å². The maximum atomic E-state index is 12.8. The molecule has 9 nitrogen and oxygen atoms in total. The van der Waals surface area contributed by atoms with Crippen molar-refractivity contribution < 1.29 is 9.59 Å². The number of aromatic nitrogens is 2. The van der Waals surface area contributed by atoms with Gasteiger partial charge in [0.15, 0.2) is 0 Å². The molecule has 2 fully saturated rings. The first kappa shape index (κ1) is 21.9. The Bertz CT molecular complexity index is 1090. The van der Waals surface area contributed by atoms with Crippen molar-refractivity contribution in [2.24, 2.45) is 5.92 Å². The SMILES string of the molecule is Nc1c(C(=O)N[C@@H]2CC[C@@H](C(=O)NC3CCC(c4ccccc4)CC3)C2)[nH]c(=O)[nH]c1=O. The molecule has 0 bridgehead atoms. The van der Waals surface area contributed by atoms with Crippen molar-refractivity contribution in [1.29, 1.82) is 0 Å². The van der Waals surface area contributed by atoms with Gasteiger partial charge >= 0.3 is 5.69 Å². The lowest BCUT2D eigenvalue weighted by molar-refractivity contribution is -0.125. The third-order valence-corrected chi connectivity index (χ3v) is 6.69. The number of aromatic amines is 2. The molecule has 1 heterocycles. The van der Waals surface area contributed by atoms with Gasteiger partial charge in [-0.3, -0.25) is 19.4 Å². The van der Waals surface area contributed by atoms with Gasteiger partial charge in [0.2, 0.25) is 5.91 Å². The second-order valence-electron chi connectivity index (χ2n) is 8.85. The monoisotopic (exact) mass is 439 g/mol. The molecule has 0 unspecified atom stereocenters. The Hall–Kier alpha value is -3.36. The predicted octanol–water partition coefficient (Wildman–Crippen LogP) is 1.39. The van der Waals surface area contributed by atoms with Gasteiger partial charge in [-0.2, -0.15) is 0 Å². The van der Waals surface area contributed by atoms with E-state index in [-0.39, 0.29) is 35.3 Å². The number of benzene rings is 1. The number of nitrogens with two attached hydrogens (primary N) is 1. The molecule has 4 rings (SSSR count). The summed E-state index contributed by atoms with van der Waals surface area (Å²) < 4.78 is 0. The Morgan fingerprint density at radius 3 is 2.28 bits per heavy atom. The molecule has 2 aliphatic rings. The molecule has 6 N–H and O–H groups in total. The van der Waals surface area contributed by atoms with Gasteiger partial charge in [0.05, 0.1) is 0 Å². The first-order valence-corrected chi connectivity index (χ1v) is 11.2. The zero-order chi connectivity index (χ0) is 22.7. The van der Waals surface area contributed by atoms with Crippen LogP contribution in [0.2, 0.25) is 0 Å². The van der Waals surface area contributed by atoms with Crippen LogP contribution in [0.15, 0.2) is 39.9 Å². The van der Waals surface area contributed by atoms with E-state index in [1.165, 1.54) is 5.56 Å². The highest BCUT2D eigenvalue weighted by Gasteiger charge is 2.33. The number of rotatable bonds is 5. The van der Waals surface area contributed by atoms with Gasteiger partial charge in [0, 0.05) is 18.0 Å². The van der Waals surface area contributed by atoms with Crippen LogP contribution in [0.4, 0.5) is 5.69 Å². The maximum Gasteiger partial charge on any atom is 0.326 e. The minimum Gasteiger partial charge on any atom is -0.392 e. The zero-order valence-corrected chi connectivity index (χ0v) is 17.9. The van der Waals surface area contributed by atoms with Crippen LogP contribution < -0.4 is 27.6 Å². The lowest BCUT2D eigenvalue weighted by Crippen LogP contribution is -2.41. The number of carbonyl (C=O) groups is 2. The van der Waals surface area contributed by atoms with Crippen molar-refractivity contribution in [3.63, 3.8) is 0 Å². The second kappa shape index (κ2) is 9.42. The van der Waals surface area contributed by atoms with Crippen LogP contribution >= 0.6 is 0 Å². The zero-order valence-electron chi connectivity index (χ0n) is 17.9. The van der Waals surface area contributed by atoms with Crippen LogP contribution in [0, 0.1) is 5.92 Å². The summed E-state index contributed by atoms with van der Waals surface area (Å²) in [5.74, 6) is -0.188. The Morgan fingerprint density at radius 1 is 0.875 bits per heavy atom. The first-order chi connectivity index (χ1) is 15.4. The molecule has 2 atom stereocenters. The molecule has 2 amide bonds.